The number of hydrogen-bond donors (Lipinski definition) is 0. The van der Waals surface area contributed by atoms with Gasteiger partial charge in [-0.3, -0.25) is 13.6 Å². The zero-order valence-corrected chi connectivity index (χ0v) is 16.0. The molecule has 0 amide bonds. The van der Waals surface area contributed by atoms with Gasteiger partial charge in [0.2, 0.25) is 0 Å². The first-order valence-corrected chi connectivity index (χ1v) is 12.3. The molecule has 0 N–H and O–H groups in total. The fourth-order valence-corrected chi connectivity index (χ4v) is 2.98. The van der Waals surface area contributed by atoms with Gasteiger partial charge in [-0.2, -0.15) is 0 Å². The summed E-state index contributed by atoms with van der Waals surface area (Å²) < 4.78 is 26.8. The van der Waals surface area contributed by atoms with Crippen molar-refractivity contribution in [3.8, 4) is 11.5 Å². The van der Waals surface area contributed by atoms with E-state index in [1.165, 1.54) is 14.2 Å². The second kappa shape index (κ2) is 10.4. The molecule has 4 nitrogen and oxygen atoms in total. The van der Waals surface area contributed by atoms with Gasteiger partial charge in [0.25, 0.3) is 0 Å². The maximum atomic E-state index is 11.9. The molecular formula is C15H29O4PSi. The molecule has 0 aromatic rings. The van der Waals surface area contributed by atoms with Crippen molar-refractivity contribution >= 4 is 15.9 Å². The molecule has 0 aliphatic carbocycles. The van der Waals surface area contributed by atoms with Crippen molar-refractivity contribution in [2.45, 2.75) is 58.4 Å². The van der Waals surface area contributed by atoms with Crippen LogP contribution in [0.1, 0.15) is 32.6 Å². The minimum atomic E-state index is -3.41. The molecular weight excluding hydrogens is 303 g/mol. The largest absolute Gasteiger partial charge is 0.474 e. The first-order valence-electron chi connectivity index (χ1n) is 7.33. The molecule has 0 aromatic carbocycles. The number of phosphoric acid groups is 1. The molecule has 0 heterocycles. The van der Waals surface area contributed by atoms with Crippen molar-refractivity contribution in [3.05, 3.63) is 12.2 Å². The van der Waals surface area contributed by atoms with Gasteiger partial charge in [0.15, 0.2) is 0 Å². The van der Waals surface area contributed by atoms with E-state index >= 15 is 0 Å². The van der Waals surface area contributed by atoms with Crippen molar-refractivity contribution in [2.75, 3.05) is 14.2 Å². The smallest absolute Gasteiger partial charge is 0.290 e. The Kier molecular flexibility index (Phi) is 10.2. The highest BCUT2D eigenvalue weighted by Gasteiger charge is 2.25. The van der Waals surface area contributed by atoms with E-state index in [4.69, 9.17) is 13.6 Å². The number of unbranched alkanes of at least 4 members (excludes halogenated alkanes) is 2. The maximum absolute atomic E-state index is 11.9. The van der Waals surface area contributed by atoms with E-state index in [-0.39, 0.29) is 6.10 Å². The average molecular weight is 332 g/mol. The van der Waals surface area contributed by atoms with Gasteiger partial charge in [0.1, 0.15) is 8.07 Å². The van der Waals surface area contributed by atoms with E-state index < -0.39 is 15.9 Å². The maximum Gasteiger partial charge on any atom is 0.474 e. The van der Waals surface area contributed by atoms with Crippen LogP contribution in [0.4, 0.5) is 0 Å². The van der Waals surface area contributed by atoms with Crippen molar-refractivity contribution in [1.82, 2.24) is 0 Å². The van der Waals surface area contributed by atoms with Crippen LogP contribution in [0.25, 0.3) is 0 Å². The molecule has 0 aromatic heterocycles. The van der Waals surface area contributed by atoms with Gasteiger partial charge in [-0.05, 0) is 19.3 Å². The average Bonchev–Trinajstić information content (AvgIpc) is 2.43. The molecule has 0 saturated carbocycles. The van der Waals surface area contributed by atoms with Crippen LogP contribution in [0, 0.1) is 11.5 Å². The summed E-state index contributed by atoms with van der Waals surface area (Å²) in [6.45, 7) is 8.69. The Balaban J connectivity index is 4.14. The minimum Gasteiger partial charge on any atom is -0.290 e. The summed E-state index contributed by atoms with van der Waals surface area (Å²) in [5.74, 6) is 3.25. The van der Waals surface area contributed by atoms with Crippen molar-refractivity contribution in [2.24, 2.45) is 0 Å². The lowest BCUT2D eigenvalue weighted by atomic mass is 10.2. The topological polar surface area (TPSA) is 44.8 Å². The standard InChI is InChI=1S/C15H29O4PSi/c1-7-15(19-20(16,17-2)18-3)13-11-9-8-10-12-14-21(4,5)6/h11,13,15H,7-10H2,1-6H3/b13-11+/t15-/m0/s1. The van der Waals surface area contributed by atoms with Crippen LogP contribution in [-0.4, -0.2) is 28.4 Å². The Morgan fingerprint density at radius 3 is 2.33 bits per heavy atom. The molecule has 0 spiro atoms. The third-order valence-corrected chi connectivity index (χ3v) is 4.95. The Hall–Kier alpha value is -0.373. The van der Waals surface area contributed by atoms with Crippen molar-refractivity contribution < 1.29 is 18.1 Å². The zero-order chi connectivity index (χ0) is 16.4. The molecule has 0 radical (unpaired) electrons. The normalized spacial score (nSPS) is 14.0. The third kappa shape index (κ3) is 10.9. The van der Waals surface area contributed by atoms with Gasteiger partial charge in [-0.15, -0.1) is 11.5 Å². The lowest BCUT2D eigenvalue weighted by molar-refractivity contribution is 0.124. The summed E-state index contributed by atoms with van der Waals surface area (Å²) in [5.41, 5.74) is 3.35. The van der Waals surface area contributed by atoms with E-state index in [2.05, 4.69) is 31.1 Å². The molecule has 1 atom stereocenters. The van der Waals surface area contributed by atoms with Gasteiger partial charge in [-0.1, -0.05) is 38.7 Å². The molecule has 0 aliphatic heterocycles. The molecule has 0 saturated heterocycles. The first-order chi connectivity index (χ1) is 9.76. The van der Waals surface area contributed by atoms with Crippen LogP contribution in [0.15, 0.2) is 12.2 Å². The highest BCUT2D eigenvalue weighted by atomic mass is 31.2. The van der Waals surface area contributed by atoms with E-state index in [0.717, 1.165) is 19.3 Å². The van der Waals surface area contributed by atoms with Gasteiger partial charge in [0, 0.05) is 20.6 Å². The fourth-order valence-electron chi connectivity index (χ4n) is 1.46. The quantitative estimate of drug-likeness (QED) is 0.200. The van der Waals surface area contributed by atoms with Gasteiger partial charge < -0.3 is 0 Å². The Morgan fingerprint density at radius 2 is 1.86 bits per heavy atom. The number of allylic oxidation sites excluding steroid dienone is 1. The van der Waals surface area contributed by atoms with Crippen molar-refractivity contribution in [3.63, 3.8) is 0 Å². The number of phosphoric ester groups is 1. The van der Waals surface area contributed by atoms with E-state index in [1.807, 2.05) is 19.1 Å². The second-order valence-corrected chi connectivity index (χ2v) is 12.3. The minimum absolute atomic E-state index is 0.260. The van der Waals surface area contributed by atoms with Crippen LogP contribution >= 0.6 is 7.82 Å². The van der Waals surface area contributed by atoms with Gasteiger partial charge in [-0.25, -0.2) is 4.57 Å². The van der Waals surface area contributed by atoms with Crippen molar-refractivity contribution in [1.29, 1.82) is 0 Å². The van der Waals surface area contributed by atoms with Gasteiger partial charge >= 0.3 is 7.82 Å². The predicted octanol–water partition coefficient (Wildman–Crippen LogP) is 4.79. The van der Waals surface area contributed by atoms with E-state index in [1.54, 1.807) is 0 Å². The number of rotatable bonds is 9. The first kappa shape index (κ1) is 20.6. The summed E-state index contributed by atoms with van der Waals surface area (Å²) in [6, 6.07) is 0. The highest BCUT2D eigenvalue weighted by Crippen LogP contribution is 2.49. The SMILES string of the molecule is CC[C@@H](/C=C/CCCC#C[Si](C)(C)C)OP(=O)(OC)OC. The van der Waals surface area contributed by atoms with E-state index in [0.29, 0.717) is 6.42 Å². The summed E-state index contributed by atoms with van der Waals surface area (Å²) in [6.07, 6.45) is 7.28. The summed E-state index contributed by atoms with van der Waals surface area (Å²) in [4.78, 5) is 0. The fraction of sp³-hybridized carbons (Fsp3) is 0.733. The molecule has 0 rings (SSSR count). The molecule has 122 valence electrons. The molecule has 0 unspecified atom stereocenters. The highest BCUT2D eigenvalue weighted by molar-refractivity contribution is 7.48. The molecule has 6 heteroatoms. The summed E-state index contributed by atoms with van der Waals surface area (Å²) in [7, 11) is -2.02. The molecule has 0 aliphatic rings. The van der Waals surface area contributed by atoms with Gasteiger partial charge in [0.05, 0.1) is 6.10 Å². The Morgan fingerprint density at radius 1 is 1.24 bits per heavy atom. The Bertz CT molecular complexity index is 410. The number of hydrogen-bond acceptors (Lipinski definition) is 4. The Labute approximate surface area is 130 Å². The summed E-state index contributed by atoms with van der Waals surface area (Å²) in [5, 5.41) is 0. The predicted molar refractivity (Wildman–Crippen MR) is 90.9 cm³/mol. The third-order valence-electron chi connectivity index (χ3n) is 2.60. The van der Waals surface area contributed by atoms with Crippen LogP contribution in [-0.2, 0) is 18.1 Å². The molecule has 21 heavy (non-hydrogen) atoms. The van der Waals surface area contributed by atoms with Crippen LogP contribution in [0.5, 0.6) is 0 Å². The monoisotopic (exact) mass is 332 g/mol. The lowest BCUT2D eigenvalue weighted by Gasteiger charge is -2.18. The van der Waals surface area contributed by atoms with Crippen LogP contribution in [0.2, 0.25) is 19.6 Å². The van der Waals surface area contributed by atoms with Crippen LogP contribution < -0.4 is 0 Å². The second-order valence-electron chi connectivity index (χ2n) is 5.74. The summed E-state index contributed by atoms with van der Waals surface area (Å²) >= 11 is 0. The zero-order valence-electron chi connectivity index (χ0n) is 14.1. The molecule has 0 bridgehead atoms. The lowest BCUT2D eigenvalue weighted by Crippen LogP contribution is -2.16. The molecule has 0 fully saturated rings. The van der Waals surface area contributed by atoms with E-state index in [9.17, 15) is 4.57 Å². The van der Waals surface area contributed by atoms with Crippen LogP contribution in [0.3, 0.4) is 0 Å².